The fourth-order valence-electron chi connectivity index (χ4n) is 3.93. The molecule has 8 nitrogen and oxygen atoms in total. The van der Waals surface area contributed by atoms with Crippen molar-refractivity contribution in [3.8, 4) is 5.75 Å². The maximum absolute atomic E-state index is 13.7. The van der Waals surface area contributed by atoms with Crippen LogP contribution in [0.15, 0.2) is 48.5 Å². The summed E-state index contributed by atoms with van der Waals surface area (Å²) in [4.78, 5) is 41.2. The van der Waals surface area contributed by atoms with Crippen LogP contribution in [-0.4, -0.2) is 46.1 Å². The van der Waals surface area contributed by atoms with E-state index < -0.39 is 35.6 Å². The first-order valence-electron chi connectivity index (χ1n) is 12.8. The number of phenols is 1. The molecule has 202 valence electrons. The topological polar surface area (TPSA) is 108 Å². The second-order valence-electron chi connectivity index (χ2n) is 10.2. The summed E-state index contributed by atoms with van der Waals surface area (Å²) in [5.41, 5.74) is 1.12. The van der Waals surface area contributed by atoms with E-state index in [1.807, 2.05) is 30.3 Å². The average molecular weight is 512 g/mol. The van der Waals surface area contributed by atoms with Gasteiger partial charge in [-0.2, -0.15) is 0 Å². The van der Waals surface area contributed by atoms with E-state index in [0.29, 0.717) is 17.5 Å². The van der Waals surface area contributed by atoms with Crippen molar-refractivity contribution in [2.75, 3.05) is 6.54 Å². The van der Waals surface area contributed by atoms with Gasteiger partial charge in [0.2, 0.25) is 11.8 Å². The number of hydrogen-bond donors (Lipinski definition) is 3. The Balaban J connectivity index is 2.41. The van der Waals surface area contributed by atoms with Crippen LogP contribution in [0.5, 0.6) is 5.75 Å². The summed E-state index contributed by atoms with van der Waals surface area (Å²) in [6, 6.07) is 12.6. The second kappa shape index (κ2) is 13.7. The van der Waals surface area contributed by atoms with Crippen LogP contribution < -0.4 is 10.6 Å². The average Bonchev–Trinajstić information content (AvgIpc) is 2.83. The zero-order valence-electron chi connectivity index (χ0n) is 22.8. The standard InChI is InChI=1S/C29H41N3O5/c1-7-8-12-18-32(27(35)21(3)31-28(36)37-29(4,5)6)24(23-17-13-14-20(2)25(23)33)26(34)30-19-22-15-10-9-11-16-22/h9-11,13-17,21,24,33H,7-8,12,18-19H2,1-6H3,(H,30,34)(H,31,36). The normalized spacial score (nSPS) is 12.8. The second-order valence-corrected chi connectivity index (χ2v) is 10.2. The van der Waals surface area contributed by atoms with Gasteiger partial charge in [0.05, 0.1) is 0 Å². The van der Waals surface area contributed by atoms with Crippen molar-refractivity contribution < 1.29 is 24.2 Å². The van der Waals surface area contributed by atoms with Crippen LogP contribution in [0.2, 0.25) is 0 Å². The van der Waals surface area contributed by atoms with Crippen molar-refractivity contribution in [1.82, 2.24) is 15.5 Å². The van der Waals surface area contributed by atoms with Gasteiger partial charge >= 0.3 is 6.09 Å². The maximum Gasteiger partial charge on any atom is 0.408 e. The van der Waals surface area contributed by atoms with Crippen molar-refractivity contribution in [1.29, 1.82) is 0 Å². The van der Waals surface area contributed by atoms with Gasteiger partial charge in [-0.15, -0.1) is 0 Å². The lowest BCUT2D eigenvalue weighted by Gasteiger charge is -2.34. The van der Waals surface area contributed by atoms with Gasteiger partial charge in [0.25, 0.3) is 0 Å². The molecule has 2 aromatic carbocycles. The van der Waals surface area contributed by atoms with E-state index in [4.69, 9.17) is 4.74 Å². The number of nitrogens with zero attached hydrogens (tertiary/aromatic N) is 1. The van der Waals surface area contributed by atoms with Crippen LogP contribution >= 0.6 is 0 Å². The first-order valence-corrected chi connectivity index (χ1v) is 12.8. The highest BCUT2D eigenvalue weighted by Crippen LogP contribution is 2.32. The number of aryl methyl sites for hydroxylation is 1. The lowest BCUT2D eigenvalue weighted by Crippen LogP contribution is -2.52. The lowest BCUT2D eigenvalue weighted by molar-refractivity contribution is -0.142. The summed E-state index contributed by atoms with van der Waals surface area (Å²) >= 11 is 0. The molecule has 0 aliphatic heterocycles. The molecule has 0 spiro atoms. The van der Waals surface area contributed by atoms with Gasteiger partial charge in [0, 0.05) is 18.7 Å². The van der Waals surface area contributed by atoms with Crippen LogP contribution in [0.25, 0.3) is 0 Å². The predicted octanol–water partition coefficient (Wildman–Crippen LogP) is 4.99. The minimum Gasteiger partial charge on any atom is -0.507 e. The molecule has 2 rings (SSSR count). The van der Waals surface area contributed by atoms with Crippen LogP contribution in [0.3, 0.4) is 0 Å². The zero-order valence-corrected chi connectivity index (χ0v) is 22.8. The molecule has 0 heterocycles. The number of carbonyl (C=O) groups is 3. The van der Waals surface area contributed by atoms with Gasteiger partial charge in [-0.3, -0.25) is 9.59 Å². The molecule has 8 heteroatoms. The van der Waals surface area contributed by atoms with Gasteiger partial charge in [-0.25, -0.2) is 4.79 Å². The number of ether oxygens (including phenoxy) is 1. The van der Waals surface area contributed by atoms with Gasteiger partial charge in [0.1, 0.15) is 23.4 Å². The number of aromatic hydroxyl groups is 1. The summed E-state index contributed by atoms with van der Waals surface area (Å²) in [5, 5.41) is 16.4. The number of amides is 3. The van der Waals surface area contributed by atoms with Crippen LogP contribution in [-0.2, 0) is 20.9 Å². The predicted molar refractivity (Wildman–Crippen MR) is 144 cm³/mol. The van der Waals surface area contributed by atoms with Crippen molar-refractivity contribution in [3.05, 3.63) is 65.2 Å². The number of unbranched alkanes of at least 4 members (excludes halogenated alkanes) is 2. The summed E-state index contributed by atoms with van der Waals surface area (Å²) < 4.78 is 5.31. The fourth-order valence-corrected chi connectivity index (χ4v) is 3.93. The Bertz CT molecular complexity index is 1050. The highest BCUT2D eigenvalue weighted by Gasteiger charge is 2.36. The Morgan fingerprint density at radius 2 is 1.70 bits per heavy atom. The third-order valence-corrected chi connectivity index (χ3v) is 5.82. The minimum absolute atomic E-state index is 0.0385. The first-order chi connectivity index (χ1) is 17.4. The maximum atomic E-state index is 13.7. The molecule has 2 aromatic rings. The molecule has 2 atom stereocenters. The SMILES string of the molecule is CCCCCN(C(=O)C(C)NC(=O)OC(C)(C)C)C(C(=O)NCc1ccccc1)c1cccc(C)c1O. The molecule has 0 aromatic heterocycles. The number of nitrogens with one attached hydrogen (secondary N) is 2. The lowest BCUT2D eigenvalue weighted by atomic mass is 9.99. The Labute approximate surface area is 220 Å². The summed E-state index contributed by atoms with van der Waals surface area (Å²) in [6.45, 7) is 11.1. The van der Waals surface area contributed by atoms with Crippen LogP contribution in [0.4, 0.5) is 4.79 Å². The summed E-state index contributed by atoms with van der Waals surface area (Å²) in [5.74, 6) is -0.898. The number of carbonyl (C=O) groups excluding carboxylic acids is 3. The largest absolute Gasteiger partial charge is 0.507 e. The first kappa shape index (κ1) is 29.7. The molecule has 0 radical (unpaired) electrons. The molecule has 0 saturated heterocycles. The molecule has 0 aliphatic carbocycles. The minimum atomic E-state index is -1.09. The Kier molecular flexibility index (Phi) is 11.0. The molecule has 3 amide bonds. The smallest absolute Gasteiger partial charge is 0.408 e. The van der Waals surface area contributed by atoms with Crippen LogP contribution in [0, 0.1) is 6.92 Å². The van der Waals surface area contributed by atoms with Crippen molar-refractivity contribution in [3.63, 3.8) is 0 Å². The molecule has 37 heavy (non-hydrogen) atoms. The molecule has 2 unspecified atom stereocenters. The van der Waals surface area contributed by atoms with E-state index in [-0.39, 0.29) is 18.8 Å². The number of benzene rings is 2. The van der Waals surface area contributed by atoms with Gasteiger partial charge in [0.15, 0.2) is 0 Å². The van der Waals surface area contributed by atoms with Crippen molar-refractivity contribution in [2.24, 2.45) is 0 Å². The molecule has 3 N–H and O–H groups in total. The van der Waals surface area contributed by atoms with Crippen molar-refractivity contribution in [2.45, 2.75) is 85.0 Å². The van der Waals surface area contributed by atoms with E-state index in [1.165, 1.54) is 4.90 Å². The highest BCUT2D eigenvalue weighted by molar-refractivity contribution is 5.92. The van der Waals surface area contributed by atoms with E-state index in [2.05, 4.69) is 17.6 Å². The molecule has 0 fully saturated rings. The van der Waals surface area contributed by atoms with Crippen molar-refractivity contribution >= 4 is 17.9 Å². The third-order valence-electron chi connectivity index (χ3n) is 5.82. The number of hydrogen-bond acceptors (Lipinski definition) is 5. The van der Waals surface area contributed by atoms with E-state index in [9.17, 15) is 19.5 Å². The third kappa shape index (κ3) is 9.12. The van der Waals surface area contributed by atoms with E-state index >= 15 is 0 Å². The summed E-state index contributed by atoms with van der Waals surface area (Å²) in [7, 11) is 0. The number of rotatable bonds is 11. The molecule has 0 saturated carbocycles. The number of para-hydroxylation sites is 1. The van der Waals surface area contributed by atoms with Crippen LogP contribution in [0.1, 0.15) is 76.6 Å². The highest BCUT2D eigenvalue weighted by atomic mass is 16.6. The molecular weight excluding hydrogens is 470 g/mol. The quantitative estimate of drug-likeness (QED) is 0.368. The zero-order chi connectivity index (χ0) is 27.6. The molecular formula is C29H41N3O5. The van der Waals surface area contributed by atoms with Gasteiger partial charge < -0.3 is 25.4 Å². The molecule has 0 bridgehead atoms. The van der Waals surface area contributed by atoms with E-state index in [0.717, 1.165) is 18.4 Å². The number of alkyl carbamates (subject to hydrolysis) is 1. The van der Waals surface area contributed by atoms with Gasteiger partial charge in [-0.1, -0.05) is 68.3 Å². The Morgan fingerprint density at radius 3 is 2.32 bits per heavy atom. The Morgan fingerprint density at radius 1 is 1.03 bits per heavy atom. The monoisotopic (exact) mass is 511 g/mol. The molecule has 0 aliphatic rings. The number of phenolic OH excluding ortho intramolecular Hbond substituents is 1. The Hall–Kier alpha value is -3.55. The fraction of sp³-hybridized carbons (Fsp3) is 0.483. The van der Waals surface area contributed by atoms with E-state index in [1.54, 1.807) is 52.8 Å². The summed E-state index contributed by atoms with van der Waals surface area (Å²) in [6.07, 6.45) is 1.73. The van der Waals surface area contributed by atoms with Gasteiger partial charge in [-0.05, 0) is 52.2 Å².